The Bertz CT molecular complexity index is 816. The van der Waals surface area contributed by atoms with Crippen molar-refractivity contribution in [3.63, 3.8) is 0 Å². The maximum atomic E-state index is 12.4. The third kappa shape index (κ3) is 5.44. The molecular formula is C20H25N3O4. The van der Waals surface area contributed by atoms with Gasteiger partial charge in [-0.15, -0.1) is 0 Å². The van der Waals surface area contributed by atoms with Gasteiger partial charge in [-0.2, -0.15) is 0 Å². The molecule has 2 aromatic rings. The first-order chi connectivity index (χ1) is 12.8. The van der Waals surface area contributed by atoms with Crippen LogP contribution in [0.15, 0.2) is 36.4 Å². The van der Waals surface area contributed by atoms with Crippen LogP contribution < -0.4 is 15.0 Å². The van der Waals surface area contributed by atoms with Gasteiger partial charge < -0.3 is 15.0 Å². The van der Waals surface area contributed by atoms with Crippen molar-refractivity contribution in [1.29, 1.82) is 0 Å². The second-order valence-corrected chi connectivity index (χ2v) is 6.37. The Balaban J connectivity index is 2.06. The lowest BCUT2D eigenvalue weighted by atomic mass is 10.1. The molecule has 0 saturated carbocycles. The van der Waals surface area contributed by atoms with Crippen LogP contribution in [0, 0.1) is 24.0 Å². The normalized spacial score (nSPS) is 10.4. The Labute approximate surface area is 159 Å². The molecule has 0 aliphatic heterocycles. The van der Waals surface area contributed by atoms with Gasteiger partial charge in [0.05, 0.1) is 17.7 Å². The van der Waals surface area contributed by atoms with E-state index in [-0.39, 0.29) is 18.0 Å². The lowest BCUT2D eigenvalue weighted by Crippen LogP contribution is -2.27. The molecule has 0 aliphatic carbocycles. The van der Waals surface area contributed by atoms with E-state index in [1.54, 1.807) is 0 Å². The summed E-state index contributed by atoms with van der Waals surface area (Å²) in [4.78, 5) is 25.0. The fraction of sp³-hybridized carbons (Fsp3) is 0.350. The minimum atomic E-state index is -0.506. The van der Waals surface area contributed by atoms with Gasteiger partial charge in [0.25, 0.3) is 5.69 Å². The molecule has 7 heteroatoms. The number of nitro groups is 1. The lowest BCUT2D eigenvalue weighted by Gasteiger charge is -2.24. The fourth-order valence-electron chi connectivity index (χ4n) is 2.96. The minimum Gasteiger partial charge on any atom is -0.495 e. The molecule has 7 nitrogen and oxygen atoms in total. The largest absolute Gasteiger partial charge is 0.495 e. The topological polar surface area (TPSA) is 84.7 Å². The maximum absolute atomic E-state index is 12.4. The van der Waals surface area contributed by atoms with E-state index in [0.29, 0.717) is 18.0 Å². The first kappa shape index (κ1) is 20.2. The summed E-state index contributed by atoms with van der Waals surface area (Å²) >= 11 is 0. The highest BCUT2D eigenvalue weighted by Gasteiger charge is 2.15. The summed E-state index contributed by atoms with van der Waals surface area (Å²) in [5, 5.41) is 13.7. The van der Waals surface area contributed by atoms with Gasteiger partial charge in [0.15, 0.2) is 0 Å². The number of carbonyl (C=O) groups is 1. The number of non-ortho nitro benzene ring substituents is 1. The van der Waals surface area contributed by atoms with Gasteiger partial charge >= 0.3 is 0 Å². The van der Waals surface area contributed by atoms with Crippen molar-refractivity contribution >= 4 is 23.0 Å². The van der Waals surface area contributed by atoms with Crippen molar-refractivity contribution in [3.8, 4) is 5.75 Å². The molecule has 0 heterocycles. The highest BCUT2D eigenvalue weighted by Crippen LogP contribution is 2.29. The van der Waals surface area contributed by atoms with Crippen LogP contribution in [-0.4, -0.2) is 31.0 Å². The molecular weight excluding hydrogens is 346 g/mol. The van der Waals surface area contributed by atoms with Crippen molar-refractivity contribution < 1.29 is 14.5 Å². The Morgan fingerprint density at radius 1 is 1.19 bits per heavy atom. The Morgan fingerprint density at radius 2 is 1.85 bits per heavy atom. The first-order valence-corrected chi connectivity index (χ1v) is 8.79. The van der Waals surface area contributed by atoms with E-state index >= 15 is 0 Å². The van der Waals surface area contributed by atoms with E-state index in [2.05, 4.69) is 28.4 Å². The number of hydrogen-bond acceptors (Lipinski definition) is 5. The second-order valence-electron chi connectivity index (χ2n) is 6.37. The zero-order valence-corrected chi connectivity index (χ0v) is 16.1. The summed E-state index contributed by atoms with van der Waals surface area (Å²) in [6.45, 7) is 7.45. The van der Waals surface area contributed by atoms with Crippen LogP contribution in [0.25, 0.3) is 0 Å². The molecule has 0 fully saturated rings. The average Bonchev–Trinajstić information content (AvgIpc) is 2.61. The molecule has 0 aromatic heterocycles. The average molecular weight is 371 g/mol. The number of hydrogen-bond donors (Lipinski definition) is 1. The number of anilines is 2. The highest BCUT2D eigenvalue weighted by atomic mass is 16.6. The van der Waals surface area contributed by atoms with E-state index in [1.807, 2.05) is 20.8 Å². The molecule has 2 aromatic carbocycles. The third-order valence-corrected chi connectivity index (χ3v) is 4.23. The van der Waals surface area contributed by atoms with E-state index in [1.165, 1.54) is 36.4 Å². The van der Waals surface area contributed by atoms with Crippen molar-refractivity contribution in [2.75, 3.05) is 30.4 Å². The number of ether oxygens (including phenoxy) is 1. The van der Waals surface area contributed by atoms with Crippen LogP contribution in [0.3, 0.4) is 0 Å². The quantitative estimate of drug-likeness (QED) is 0.558. The summed E-state index contributed by atoms with van der Waals surface area (Å²) in [7, 11) is 1.45. The molecule has 1 amide bonds. The molecule has 0 atom stereocenters. The van der Waals surface area contributed by atoms with Gasteiger partial charge in [-0.3, -0.25) is 14.9 Å². The molecule has 144 valence electrons. The standard InChI is InChI=1S/C20H25N3O4/c1-5-22(17-11-14(2)10-15(3)12-17)9-8-20(24)21-18-13-16(23(25)26)6-7-19(18)27-4/h6-7,10-13H,5,8-9H2,1-4H3,(H,21,24). The zero-order chi connectivity index (χ0) is 20.0. The molecule has 1 N–H and O–H groups in total. The molecule has 27 heavy (non-hydrogen) atoms. The summed E-state index contributed by atoms with van der Waals surface area (Å²) < 4.78 is 5.18. The number of amides is 1. The monoisotopic (exact) mass is 371 g/mol. The van der Waals surface area contributed by atoms with Crippen molar-refractivity contribution in [1.82, 2.24) is 0 Å². The molecule has 0 radical (unpaired) electrons. The summed E-state index contributed by atoms with van der Waals surface area (Å²) in [5.74, 6) is 0.159. The highest BCUT2D eigenvalue weighted by molar-refractivity contribution is 5.93. The van der Waals surface area contributed by atoms with Crippen LogP contribution in [0.5, 0.6) is 5.75 Å². The van der Waals surface area contributed by atoms with Crippen molar-refractivity contribution in [3.05, 3.63) is 57.6 Å². The molecule has 0 bridgehead atoms. The number of aryl methyl sites for hydroxylation is 2. The summed E-state index contributed by atoms with van der Waals surface area (Å²) in [5.41, 5.74) is 3.63. The third-order valence-electron chi connectivity index (χ3n) is 4.23. The van der Waals surface area contributed by atoms with Gasteiger partial charge in [0, 0.05) is 37.3 Å². The molecule has 0 unspecified atom stereocenters. The zero-order valence-electron chi connectivity index (χ0n) is 16.1. The van der Waals surface area contributed by atoms with Crippen molar-refractivity contribution in [2.45, 2.75) is 27.2 Å². The van der Waals surface area contributed by atoms with E-state index in [9.17, 15) is 14.9 Å². The number of nitro benzene ring substituents is 1. The Morgan fingerprint density at radius 3 is 2.41 bits per heavy atom. The van der Waals surface area contributed by atoms with E-state index in [0.717, 1.165) is 12.2 Å². The van der Waals surface area contributed by atoms with Crippen LogP contribution in [0.1, 0.15) is 24.5 Å². The van der Waals surface area contributed by atoms with E-state index < -0.39 is 4.92 Å². The first-order valence-electron chi connectivity index (χ1n) is 8.79. The van der Waals surface area contributed by atoms with Crippen LogP contribution in [-0.2, 0) is 4.79 Å². The molecule has 0 spiro atoms. The predicted octanol–water partition coefficient (Wildman–Crippen LogP) is 4.08. The van der Waals surface area contributed by atoms with Crippen LogP contribution in [0.4, 0.5) is 17.1 Å². The Hall–Kier alpha value is -3.09. The number of benzene rings is 2. The maximum Gasteiger partial charge on any atom is 0.271 e. The molecule has 0 saturated heterocycles. The fourth-order valence-corrected chi connectivity index (χ4v) is 2.96. The van der Waals surface area contributed by atoms with Crippen molar-refractivity contribution in [2.24, 2.45) is 0 Å². The summed E-state index contributed by atoms with van der Waals surface area (Å²) in [6, 6.07) is 10.4. The molecule has 0 aliphatic rings. The van der Waals surface area contributed by atoms with Crippen LogP contribution in [0.2, 0.25) is 0 Å². The Kier molecular flexibility index (Phi) is 6.76. The van der Waals surface area contributed by atoms with Gasteiger partial charge in [0.1, 0.15) is 5.75 Å². The van der Waals surface area contributed by atoms with E-state index in [4.69, 9.17) is 4.74 Å². The van der Waals surface area contributed by atoms with Gasteiger partial charge in [-0.25, -0.2) is 0 Å². The SMILES string of the molecule is CCN(CCC(=O)Nc1cc([N+](=O)[O-])ccc1OC)c1cc(C)cc(C)c1. The predicted molar refractivity (Wildman–Crippen MR) is 107 cm³/mol. The summed E-state index contributed by atoms with van der Waals surface area (Å²) in [6.07, 6.45) is 0.257. The number of carbonyl (C=O) groups excluding carboxylic acids is 1. The number of nitrogens with one attached hydrogen (secondary N) is 1. The number of methoxy groups -OCH3 is 1. The molecule has 2 rings (SSSR count). The second kappa shape index (κ2) is 9.02. The van der Waals surface area contributed by atoms with Crippen LogP contribution >= 0.6 is 0 Å². The van der Waals surface area contributed by atoms with Gasteiger partial charge in [-0.05, 0) is 50.1 Å². The lowest BCUT2D eigenvalue weighted by molar-refractivity contribution is -0.384. The number of rotatable bonds is 8. The van der Waals surface area contributed by atoms with Gasteiger partial charge in [-0.1, -0.05) is 6.07 Å². The van der Waals surface area contributed by atoms with Gasteiger partial charge in [0.2, 0.25) is 5.91 Å². The number of nitrogens with zero attached hydrogens (tertiary/aromatic N) is 2. The smallest absolute Gasteiger partial charge is 0.271 e. The minimum absolute atomic E-state index is 0.100.